The lowest BCUT2D eigenvalue weighted by molar-refractivity contribution is -0.117. The number of rotatable bonds is 5. The first kappa shape index (κ1) is 21.1. The highest BCUT2D eigenvalue weighted by Gasteiger charge is 2.23. The maximum atomic E-state index is 12.9. The van der Waals surface area contributed by atoms with Crippen molar-refractivity contribution in [1.82, 2.24) is 9.80 Å². The number of piperazine rings is 1. The zero-order chi connectivity index (χ0) is 21.6. The number of hydrogen-bond acceptors (Lipinski definition) is 3. The van der Waals surface area contributed by atoms with E-state index in [4.69, 9.17) is 11.6 Å². The van der Waals surface area contributed by atoms with Crippen LogP contribution >= 0.6 is 11.6 Å². The highest BCUT2D eigenvalue weighted by molar-refractivity contribution is 6.33. The molecule has 1 aliphatic rings. The predicted octanol–water partition coefficient (Wildman–Crippen LogP) is 4.40. The number of halogens is 1. The molecule has 0 spiro atoms. The number of anilines is 1. The van der Waals surface area contributed by atoms with Crippen molar-refractivity contribution in [2.24, 2.45) is 0 Å². The highest BCUT2D eigenvalue weighted by atomic mass is 35.5. The molecule has 1 fully saturated rings. The number of carbonyl (C=O) groups is 2. The van der Waals surface area contributed by atoms with Gasteiger partial charge in [0.15, 0.2) is 0 Å². The quantitative estimate of drug-likeness (QED) is 0.648. The molecule has 2 amide bonds. The molecule has 0 unspecified atom stereocenters. The van der Waals surface area contributed by atoms with Crippen LogP contribution in [0.2, 0.25) is 5.02 Å². The van der Waals surface area contributed by atoms with E-state index in [-0.39, 0.29) is 18.4 Å². The van der Waals surface area contributed by atoms with Crippen LogP contribution < -0.4 is 5.32 Å². The molecule has 3 aromatic rings. The van der Waals surface area contributed by atoms with Gasteiger partial charge in [-0.2, -0.15) is 0 Å². The first-order chi connectivity index (χ1) is 15.1. The van der Waals surface area contributed by atoms with Gasteiger partial charge in [-0.25, -0.2) is 0 Å². The zero-order valence-electron chi connectivity index (χ0n) is 17.1. The second-order valence-corrected chi connectivity index (χ2v) is 7.95. The van der Waals surface area contributed by atoms with Crippen LogP contribution in [0.1, 0.15) is 10.4 Å². The van der Waals surface area contributed by atoms with Crippen molar-refractivity contribution < 1.29 is 9.59 Å². The van der Waals surface area contributed by atoms with Crippen LogP contribution in [0.25, 0.3) is 11.1 Å². The number of para-hydroxylation sites is 1. The fourth-order valence-corrected chi connectivity index (χ4v) is 3.87. The summed E-state index contributed by atoms with van der Waals surface area (Å²) in [6, 6.07) is 25.0. The molecule has 0 saturated carbocycles. The molecule has 0 aliphatic carbocycles. The first-order valence-electron chi connectivity index (χ1n) is 10.3. The van der Waals surface area contributed by atoms with Crippen molar-refractivity contribution >= 4 is 29.1 Å². The summed E-state index contributed by atoms with van der Waals surface area (Å²) in [6.45, 7) is 2.78. The Morgan fingerprint density at radius 2 is 1.39 bits per heavy atom. The van der Waals surface area contributed by atoms with Gasteiger partial charge < -0.3 is 10.2 Å². The normalized spacial score (nSPS) is 14.3. The maximum Gasteiger partial charge on any atom is 0.253 e. The predicted molar refractivity (Wildman–Crippen MR) is 124 cm³/mol. The molecule has 1 saturated heterocycles. The highest BCUT2D eigenvalue weighted by Crippen LogP contribution is 2.21. The summed E-state index contributed by atoms with van der Waals surface area (Å²) in [7, 11) is 0. The standard InChI is InChI=1S/C25H24ClN3O2/c26-22-8-4-5-9-23(22)27-24(30)18-28-14-16-29(17-15-28)25(31)21-12-10-20(11-13-21)19-6-2-1-3-7-19/h1-13H,14-18H2,(H,27,30). The second-order valence-electron chi connectivity index (χ2n) is 7.54. The third-order valence-electron chi connectivity index (χ3n) is 5.41. The number of amides is 2. The molecule has 6 heteroatoms. The van der Waals surface area contributed by atoms with Crippen LogP contribution in [0, 0.1) is 0 Å². The lowest BCUT2D eigenvalue weighted by Gasteiger charge is -2.34. The van der Waals surface area contributed by atoms with Crippen LogP contribution in [0.15, 0.2) is 78.9 Å². The minimum atomic E-state index is -0.107. The second kappa shape index (κ2) is 9.77. The van der Waals surface area contributed by atoms with E-state index in [9.17, 15) is 9.59 Å². The molecule has 31 heavy (non-hydrogen) atoms. The third-order valence-corrected chi connectivity index (χ3v) is 5.74. The molecule has 5 nitrogen and oxygen atoms in total. The maximum absolute atomic E-state index is 12.9. The lowest BCUT2D eigenvalue weighted by Crippen LogP contribution is -2.50. The Morgan fingerprint density at radius 1 is 0.774 bits per heavy atom. The van der Waals surface area contributed by atoms with Crippen molar-refractivity contribution in [2.45, 2.75) is 0 Å². The Kier molecular flexibility index (Phi) is 6.65. The molecule has 0 radical (unpaired) electrons. The number of nitrogens with one attached hydrogen (secondary N) is 1. The summed E-state index contributed by atoms with van der Waals surface area (Å²) >= 11 is 6.10. The van der Waals surface area contributed by atoms with Gasteiger partial charge in [0.25, 0.3) is 5.91 Å². The fourth-order valence-electron chi connectivity index (χ4n) is 3.68. The first-order valence-corrected chi connectivity index (χ1v) is 10.7. The topological polar surface area (TPSA) is 52.7 Å². The van der Waals surface area contributed by atoms with Crippen LogP contribution in [0.3, 0.4) is 0 Å². The van der Waals surface area contributed by atoms with Crippen LogP contribution in [-0.2, 0) is 4.79 Å². The minimum Gasteiger partial charge on any atom is -0.336 e. The van der Waals surface area contributed by atoms with E-state index in [1.54, 1.807) is 12.1 Å². The van der Waals surface area contributed by atoms with Gasteiger partial charge >= 0.3 is 0 Å². The smallest absolute Gasteiger partial charge is 0.253 e. The van der Waals surface area contributed by atoms with E-state index in [0.29, 0.717) is 42.5 Å². The van der Waals surface area contributed by atoms with Crippen molar-refractivity contribution in [2.75, 3.05) is 38.0 Å². The van der Waals surface area contributed by atoms with E-state index in [1.165, 1.54) is 0 Å². The molecular formula is C25H24ClN3O2. The van der Waals surface area contributed by atoms with E-state index in [1.807, 2.05) is 59.5 Å². The van der Waals surface area contributed by atoms with Crippen molar-refractivity contribution in [3.63, 3.8) is 0 Å². The molecule has 3 aromatic carbocycles. The van der Waals surface area contributed by atoms with Gasteiger partial charge in [-0.05, 0) is 35.4 Å². The number of nitrogens with zero attached hydrogens (tertiary/aromatic N) is 2. The molecule has 1 aliphatic heterocycles. The summed E-state index contributed by atoms with van der Waals surface area (Å²) in [5, 5.41) is 3.36. The average Bonchev–Trinajstić information content (AvgIpc) is 2.81. The van der Waals surface area contributed by atoms with Crippen LogP contribution in [0.5, 0.6) is 0 Å². The SMILES string of the molecule is O=C(CN1CCN(C(=O)c2ccc(-c3ccccc3)cc2)CC1)Nc1ccccc1Cl. The summed E-state index contributed by atoms with van der Waals surface area (Å²) in [4.78, 5) is 29.1. The number of benzene rings is 3. The van der Waals surface area contributed by atoms with Crippen LogP contribution in [0.4, 0.5) is 5.69 Å². The van der Waals surface area contributed by atoms with Gasteiger partial charge in [0.2, 0.25) is 5.91 Å². The Balaban J connectivity index is 1.29. The molecular weight excluding hydrogens is 410 g/mol. The fraction of sp³-hybridized carbons (Fsp3) is 0.200. The summed E-state index contributed by atoms with van der Waals surface area (Å²) in [5.41, 5.74) is 3.52. The third kappa shape index (κ3) is 5.32. The van der Waals surface area contributed by atoms with Crippen molar-refractivity contribution in [3.8, 4) is 11.1 Å². The Labute approximate surface area is 187 Å². The van der Waals surface area contributed by atoms with E-state index < -0.39 is 0 Å². The molecule has 0 atom stereocenters. The molecule has 158 valence electrons. The van der Waals surface area contributed by atoms with Crippen molar-refractivity contribution in [1.29, 1.82) is 0 Å². The van der Waals surface area contributed by atoms with E-state index in [2.05, 4.69) is 22.3 Å². The van der Waals surface area contributed by atoms with E-state index in [0.717, 1.165) is 11.1 Å². The molecule has 0 aromatic heterocycles. The summed E-state index contributed by atoms with van der Waals surface area (Å²) in [5.74, 6) is -0.0795. The van der Waals surface area contributed by atoms with Crippen molar-refractivity contribution in [3.05, 3.63) is 89.4 Å². The van der Waals surface area contributed by atoms with Gasteiger partial charge in [0.1, 0.15) is 0 Å². The van der Waals surface area contributed by atoms with Gasteiger partial charge in [0.05, 0.1) is 17.3 Å². The average molecular weight is 434 g/mol. The number of hydrogen-bond donors (Lipinski definition) is 1. The monoisotopic (exact) mass is 433 g/mol. The Morgan fingerprint density at radius 3 is 2.06 bits per heavy atom. The zero-order valence-corrected chi connectivity index (χ0v) is 17.9. The Bertz CT molecular complexity index is 1050. The molecule has 4 rings (SSSR count). The van der Waals surface area contributed by atoms with Gasteiger partial charge in [-0.1, -0.05) is 66.2 Å². The van der Waals surface area contributed by atoms with Gasteiger partial charge in [0, 0.05) is 31.7 Å². The van der Waals surface area contributed by atoms with Gasteiger partial charge in [-0.15, -0.1) is 0 Å². The van der Waals surface area contributed by atoms with E-state index >= 15 is 0 Å². The molecule has 0 bridgehead atoms. The summed E-state index contributed by atoms with van der Waals surface area (Å²) < 4.78 is 0. The number of carbonyl (C=O) groups excluding carboxylic acids is 2. The minimum absolute atomic E-state index is 0.0276. The summed E-state index contributed by atoms with van der Waals surface area (Å²) in [6.07, 6.45) is 0. The van der Waals surface area contributed by atoms with Gasteiger partial charge in [-0.3, -0.25) is 14.5 Å². The van der Waals surface area contributed by atoms with Crippen LogP contribution in [-0.4, -0.2) is 54.3 Å². The largest absolute Gasteiger partial charge is 0.336 e. The lowest BCUT2D eigenvalue weighted by atomic mass is 10.0. The molecule has 1 heterocycles. The Hall–Kier alpha value is -3.15. The molecule has 1 N–H and O–H groups in total.